The number of benzene rings is 2. The van der Waals surface area contributed by atoms with Gasteiger partial charge in [0, 0.05) is 0 Å². The fourth-order valence-electron chi connectivity index (χ4n) is 3.44. The summed E-state index contributed by atoms with van der Waals surface area (Å²) in [4.78, 5) is 28.5. The van der Waals surface area contributed by atoms with E-state index in [0.717, 1.165) is 29.1 Å². The number of amides is 2. The van der Waals surface area contributed by atoms with E-state index in [9.17, 15) is 9.59 Å². The molecule has 32 heavy (non-hydrogen) atoms. The van der Waals surface area contributed by atoms with E-state index in [2.05, 4.69) is 0 Å². The van der Waals surface area contributed by atoms with E-state index in [1.807, 2.05) is 74.5 Å². The van der Waals surface area contributed by atoms with E-state index < -0.39 is 0 Å². The summed E-state index contributed by atoms with van der Waals surface area (Å²) in [6.07, 6.45) is 2.52. The highest BCUT2D eigenvalue weighted by Crippen LogP contribution is 2.38. The Morgan fingerprint density at radius 1 is 0.969 bits per heavy atom. The molecule has 5 nitrogen and oxygen atoms in total. The van der Waals surface area contributed by atoms with Gasteiger partial charge in [0.15, 0.2) is 0 Å². The van der Waals surface area contributed by atoms with Gasteiger partial charge in [-0.15, -0.1) is 11.8 Å². The monoisotopic (exact) mass is 447 g/mol. The van der Waals surface area contributed by atoms with E-state index in [4.69, 9.17) is 9.15 Å². The number of thioether (sulfide) groups is 1. The number of hydrogen-bond donors (Lipinski definition) is 0. The van der Waals surface area contributed by atoms with Crippen molar-refractivity contribution >= 4 is 29.1 Å². The summed E-state index contributed by atoms with van der Waals surface area (Å²) in [5.74, 6) is 1.42. The highest BCUT2D eigenvalue weighted by atomic mass is 32.2. The van der Waals surface area contributed by atoms with E-state index in [1.54, 1.807) is 6.26 Å². The second-order valence-electron chi connectivity index (χ2n) is 7.63. The van der Waals surface area contributed by atoms with Crippen LogP contribution in [0, 0.1) is 6.92 Å². The topological polar surface area (TPSA) is 59.8 Å². The molecule has 1 aliphatic rings. The molecule has 4 rings (SSSR count). The van der Waals surface area contributed by atoms with Crippen molar-refractivity contribution < 1.29 is 18.7 Å². The SMILES string of the molecule is CCCOc1ccc(C2=C(SCc3ccco3)C(=O)N(Cc3ccc(C)cc3)C2=O)cc1. The third kappa shape index (κ3) is 4.81. The number of furan rings is 1. The van der Waals surface area contributed by atoms with Crippen molar-refractivity contribution in [1.29, 1.82) is 0 Å². The fraction of sp³-hybridized carbons (Fsp3) is 0.231. The van der Waals surface area contributed by atoms with Gasteiger partial charge in [0.05, 0.1) is 35.6 Å². The van der Waals surface area contributed by atoms with Crippen molar-refractivity contribution in [2.24, 2.45) is 0 Å². The molecule has 0 bridgehead atoms. The summed E-state index contributed by atoms with van der Waals surface area (Å²) in [6, 6.07) is 18.9. The lowest BCUT2D eigenvalue weighted by Crippen LogP contribution is -2.30. The average Bonchev–Trinajstić information content (AvgIpc) is 3.40. The molecule has 0 saturated carbocycles. The molecule has 1 aromatic heterocycles. The molecule has 3 aromatic rings. The second-order valence-corrected chi connectivity index (χ2v) is 8.61. The molecule has 6 heteroatoms. The zero-order valence-corrected chi connectivity index (χ0v) is 19.0. The van der Waals surface area contributed by atoms with E-state index in [-0.39, 0.29) is 18.4 Å². The van der Waals surface area contributed by atoms with Crippen LogP contribution in [0.1, 0.15) is 35.8 Å². The summed E-state index contributed by atoms with van der Waals surface area (Å²) >= 11 is 1.33. The molecule has 164 valence electrons. The van der Waals surface area contributed by atoms with Gasteiger partial charge in [-0.1, -0.05) is 48.9 Å². The quantitative estimate of drug-likeness (QED) is 0.400. The number of imide groups is 1. The van der Waals surface area contributed by atoms with Crippen LogP contribution in [0.3, 0.4) is 0 Å². The minimum atomic E-state index is -0.278. The molecule has 0 aliphatic carbocycles. The first kappa shape index (κ1) is 22.0. The molecule has 2 amide bonds. The van der Waals surface area contributed by atoms with Crippen LogP contribution < -0.4 is 4.74 Å². The Balaban J connectivity index is 1.63. The van der Waals surface area contributed by atoms with E-state index >= 15 is 0 Å². The Morgan fingerprint density at radius 3 is 2.38 bits per heavy atom. The third-order valence-corrected chi connectivity index (χ3v) is 6.24. The highest BCUT2D eigenvalue weighted by Gasteiger charge is 2.39. The Hall–Kier alpha value is -3.25. The molecule has 0 N–H and O–H groups in total. The maximum absolute atomic E-state index is 13.4. The molecule has 0 radical (unpaired) electrons. The molecule has 2 heterocycles. The third-order valence-electron chi connectivity index (χ3n) is 5.14. The van der Waals surface area contributed by atoms with Crippen molar-refractivity contribution in [2.75, 3.05) is 6.61 Å². The maximum atomic E-state index is 13.4. The van der Waals surface area contributed by atoms with Crippen molar-refractivity contribution in [2.45, 2.75) is 32.6 Å². The lowest BCUT2D eigenvalue weighted by atomic mass is 10.1. The predicted molar refractivity (Wildman–Crippen MR) is 126 cm³/mol. The van der Waals surface area contributed by atoms with Crippen molar-refractivity contribution in [3.8, 4) is 5.75 Å². The minimum Gasteiger partial charge on any atom is -0.494 e. The van der Waals surface area contributed by atoms with E-state index in [1.165, 1.54) is 16.7 Å². The van der Waals surface area contributed by atoms with Crippen LogP contribution in [-0.2, 0) is 21.9 Å². The summed E-state index contributed by atoms with van der Waals surface area (Å²) < 4.78 is 11.1. The van der Waals surface area contributed by atoms with Crippen molar-refractivity contribution in [1.82, 2.24) is 4.90 Å². The van der Waals surface area contributed by atoms with Gasteiger partial charge in [0.25, 0.3) is 11.8 Å². The smallest absolute Gasteiger partial charge is 0.268 e. The van der Waals surface area contributed by atoms with Crippen LogP contribution >= 0.6 is 11.8 Å². The summed E-state index contributed by atoms with van der Waals surface area (Å²) in [5.41, 5.74) is 3.19. The molecule has 0 spiro atoms. The van der Waals surface area contributed by atoms with Gasteiger partial charge in [-0.3, -0.25) is 14.5 Å². The minimum absolute atomic E-state index is 0.240. The van der Waals surface area contributed by atoms with Gasteiger partial charge in [-0.05, 0) is 48.7 Å². The van der Waals surface area contributed by atoms with E-state index in [0.29, 0.717) is 28.4 Å². The zero-order chi connectivity index (χ0) is 22.5. The van der Waals surface area contributed by atoms with Gasteiger partial charge >= 0.3 is 0 Å². The number of hydrogen-bond acceptors (Lipinski definition) is 5. The molecule has 0 unspecified atom stereocenters. The molecule has 2 aromatic carbocycles. The number of aryl methyl sites for hydroxylation is 1. The van der Waals surface area contributed by atoms with Crippen LogP contribution in [0.2, 0.25) is 0 Å². The lowest BCUT2D eigenvalue weighted by molar-refractivity contribution is -0.137. The van der Waals surface area contributed by atoms with Crippen molar-refractivity contribution in [3.05, 3.63) is 94.3 Å². The predicted octanol–water partition coefficient (Wildman–Crippen LogP) is 5.59. The summed E-state index contributed by atoms with van der Waals surface area (Å²) in [6.45, 7) is 4.93. The van der Waals surface area contributed by atoms with Crippen LogP contribution in [0.25, 0.3) is 5.57 Å². The van der Waals surface area contributed by atoms with Crippen LogP contribution in [0.4, 0.5) is 0 Å². The Morgan fingerprint density at radius 2 is 1.72 bits per heavy atom. The lowest BCUT2D eigenvalue weighted by Gasteiger charge is -2.15. The summed E-state index contributed by atoms with van der Waals surface area (Å²) in [7, 11) is 0. The Labute approximate surface area is 192 Å². The molecule has 1 aliphatic heterocycles. The maximum Gasteiger partial charge on any atom is 0.268 e. The number of rotatable bonds is 9. The largest absolute Gasteiger partial charge is 0.494 e. The first-order valence-corrected chi connectivity index (χ1v) is 11.6. The molecular weight excluding hydrogens is 422 g/mol. The van der Waals surface area contributed by atoms with Crippen LogP contribution in [-0.4, -0.2) is 23.3 Å². The first-order chi connectivity index (χ1) is 15.6. The average molecular weight is 448 g/mol. The second kappa shape index (κ2) is 9.92. The number of ether oxygens (including phenoxy) is 1. The van der Waals surface area contributed by atoms with Crippen molar-refractivity contribution in [3.63, 3.8) is 0 Å². The molecule has 0 atom stereocenters. The van der Waals surface area contributed by atoms with Crippen LogP contribution in [0.5, 0.6) is 5.75 Å². The number of carbonyl (C=O) groups is 2. The number of nitrogens with zero attached hydrogens (tertiary/aromatic N) is 1. The molecular formula is C26H25NO4S. The Kier molecular flexibility index (Phi) is 6.81. The fourth-order valence-corrected chi connectivity index (χ4v) is 4.47. The summed E-state index contributed by atoms with van der Waals surface area (Å²) in [5, 5.41) is 0. The van der Waals surface area contributed by atoms with Gasteiger partial charge in [-0.25, -0.2) is 0 Å². The molecule has 0 fully saturated rings. The van der Waals surface area contributed by atoms with Crippen LogP contribution in [0.15, 0.2) is 76.2 Å². The van der Waals surface area contributed by atoms with Gasteiger partial charge in [0.2, 0.25) is 0 Å². The first-order valence-electron chi connectivity index (χ1n) is 10.6. The zero-order valence-electron chi connectivity index (χ0n) is 18.2. The van der Waals surface area contributed by atoms with Gasteiger partial charge in [0.1, 0.15) is 11.5 Å². The van der Waals surface area contributed by atoms with Gasteiger partial charge < -0.3 is 9.15 Å². The van der Waals surface area contributed by atoms with Gasteiger partial charge in [-0.2, -0.15) is 0 Å². The number of carbonyl (C=O) groups excluding carboxylic acids is 2. The standard InChI is InChI=1S/C26H25NO4S/c1-3-14-30-21-12-10-20(11-13-21)23-24(32-17-22-5-4-15-31-22)26(29)27(25(23)28)16-19-8-6-18(2)7-9-19/h4-13,15H,3,14,16-17H2,1-2H3. The Bertz CT molecular complexity index is 1120. The highest BCUT2D eigenvalue weighted by molar-refractivity contribution is 8.03. The molecule has 0 saturated heterocycles. The normalized spacial score (nSPS) is 13.9.